The predicted molar refractivity (Wildman–Crippen MR) is 114 cm³/mol. The largest absolute Gasteiger partial charge is 0.419 e. The van der Waals surface area contributed by atoms with E-state index < -0.39 is 29.0 Å². The number of aryl methyl sites for hydroxylation is 1. The molecule has 1 aliphatic rings. The van der Waals surface area contributed by atoms with Crippen molar-refractivity contribution >= 4 is 34.5 Å². The molecule has 1 aliphatic heterocycles. The Morgan fingerprint density at radius 3 is 2.74 bits per heavy atom. The van der Waals surface area contributed by atoms with Crippen molar-refractivity contribution in [3.63, 3.8) is 0 Å². The lowest BCUT2D eigenvalue weighted by atomic mass is 10.1. The molecule has 0 aliphatic carbocycles. The first-order chi connectivity index (χ1) is 16.2. The Morgan fingerprint density at radius 1 is 1.24 bits per heavy atom. The number of morpholine rings is 1. The lowest BCUT2D eigenvalue weighted by molar-refractivity contribution is -0.140. The minimum Gasteiger partial charge on any atom is -0.396 e. The van der Waals surface area contributed by atoms with E-state index in [1.54, 1.807) is 22.8 Å². The van der Waals surface area contributed by atoms with Gasteiger partial charge >= 0.3 is 6.18 Å². The molecule has 0 spiro atoms. The van der Waals surface area contributed by atoms with Gasteiger partial charge in [0.15, 0.2) is 0 Å². The highest BCUT2D eigenvalue weighted by Crippen LogP contribution is 2.33. The van der Waals surface area contributed by atoms with Gasteiger partial charge in [-0.2, -0.15) is 13.2 Å². The third-order valence-corrected chi connectivity index (χ3v) is 5.34. The van der Waals surface area contributed by atoms with Crippen LogP contribution in [0.4, 0.5) is 29.2 Å². The molecule has 1 aromatic heterocycles. The van der Waals surface area contributed by atoms with Crippen molar-refractivity contribution in [2.24, 2.45) is 0 Å². The summed E-state index contributed by atoms with van der Waals surface area (Å²) in [5, 5.41) is 11.6. The Balaban J connectivity index is 1.70. The molecule has 0 radical (unpaired) electrons. The molecule has 1 fully saturated rings. The second-order valence-electron chi connectivity index (χ2n) is 7.55. The number of hydrogen-bond donors (Lipinski definition) is 2. The van der Waals surface area contributed by atoms with E-state index in [0.29, 0.717) is 42.4 Å². The van der Waals surface area contributed by atoms with Crippen LogP contribution in [0.5, 0.6) is 0 Å². The fourth-order valence-electron chi connectivity index (χ4n) is 3.72. The molecule has 2 N–H and O–H groups in total. The van der Waals surface area contributed by atoms with E-state index in [0.717, 1.165) is 12.1 Å². The van der Waals surface area contributed by atoms with Gasteiger partial charge in [0, 0.05) is 25.4 Å². The van der Waals surface area contributed by atoms with Crippen LogP contribution in [0, 0.1) is 5.82 Å². The van der Waals surface area contributed by atoms with Crippen LogP contribution in [0.15, 0.2) is 36.4 Å². The molecule has 0 atom stereocenters. The topological polar surface area (TPSA) is 96.7 Å². The maximum Gasteiger partial charge on any atom is 0.419 e. The Morgan fingerprint density at radius 2 is 2.03 bits per heavy atom. The molecule has 2 heterocycles. The van der Waals surface area contributed by atoms with Gasteiger partial charge < -0.3 is 19.3 Å². The summed E-state index contributed by atoms with van der Waals surface area (Å²) < 4.78 is 60.2. The average molecular weight is 480 g/mol. The molecule has 2 amide bonds. The molecule has 3 aromatic rings. The van der Waals surface area contributed by atoms with Crippen molar-refractivity contribution in [3.05, 3.63) is 53.3 Å². The smallest absolute Gasteiger partial charge is 0.396 e. The number of amides is 2. The van der Waals surface area contributed by atoms with Crippen LogP contribution in [0.3, 0.4) is 0 Å². The van der Waals surface area contributed by atoms with Crippen LogP contribution in [0.2, 0.25) is 0 Å². The standard InChI is InChI=1S/C22H20F4N4O4/c23-19-14(3-1-4-15(19)22(24,25)26)20(33)28-21-27-16-11-13(29-8-10-34-12-18(29)32)5-6-17(16)30(21)7-2-9-31/h1,3-6,11,31H,2,7-10,12H2,(H,27,28,33). The molecule has 0 bridgehead atoms. The summed E-state index contributed by atoms with van der Waals surface area (Å²) in [5.41, 5.74) is -0.814. The third-order valence-electron chi connectivity index (χ3n) is 5.34. The first kappa shape index (κ1) is 23.6. The number of carbonyl (C=O) groups excluding carboxylic acids is 2. The molecule has 180 valence electrons. The predicted octanol–water partition coefficient (Wildman–Crippen LogP) is 3.19. The molecule has 8 nitrogen and oxygen atoms in total. The molecule has 1 saturated heterocycles. The summed E-state index contributed by atoms with van der Waals surface area (Å²) >= 11 is 0. The van der Waals surface area contributed by atoms with E-state index in [1.165, 1.54) is 4.90 Å². The number of benzene rings is 2. The van der Waals surface area contributed by atoms with Gasteiger partial charge in [-0.15, -0.1) is 0 Å². The van der Waals surface area contributed by atoms with Gasteiger partial charge in [0.2, 0.25) is 5.95 Å². The summed E-state index contributed by atoms with van der Waals surface area (Å²) in [5.74, 6) is -3.04. The number of aliphatic hydroxyl groups is 1. The normalized spacial score (nSPS) is 14.6. The van der Waals surface area contributed by atoms with Crippen LogP contribution in [0.1, 0.15) is 22.3 Å². The lowest BCUT2D eigenvalue weighted by Crippen LogP contribution is -2.41. The Hall–Kier alpha value is -3.51. The van der Waals surface area contributed by atoms with Gasteiger partial charge in [0.25, 0.3) is 11.8 Å². The zero-order chi connectivity index (χ0) is 24.5. The molecular weight excluding hydrogens is 460 g/mol. The quantitative estimate of drug-likeness (QED) is 0.529. The SMILES string of the molecule is O=C(Nc1nc2cc(N3CCOCC3=O)ccc2n1CCCO)c1cccc(C(F)(F)F)c1F. The number of nitrogens with zero attached hydrogens (tertiary/aromatic N) is 3. The Labute approximate surface area is 190 Å². The monoisotopic (exact) mass is 480 g/mol. The summed E-state index contributed by atoms with van der Waals surface area (Å²) in [6, 6.07) is 7.45. The van der Waals surface area contributed by atoms with Gasteiger partial charge in [0.1, 0.15) is 12.4 Å². The van der Waals surface area contributed by atoms with Crippen LogP contribution in [-0.4, -0.2) is 52.8 Å². The third kappa shape index (κ3) is 4.59. The zero-order valence-corrected chi connectivity index (χ0v) is 17.7. The molecular formula is C22H20F4N4O4. The summed E-state index contributed by atoms with van der Waals surface area (Å²) in [4.78, 5) is 30.7. The van der Waals surface area contributed by atoms with Crippen LogP contribution in [-0.2, 0) is 22.3 Å². The number of fused-ring (bicyclic) bond motifs is 1. The van der Waals surface area contributed by atoms with Gasteiger partial charge in [-0.3, -0.25) is 14.9 Å². The van der Waals surface area contributed by atoms with E-state index in [-0.39, 0.29) is 31.6 Å². The number of nitrogens with one attached hydrogen (secondary N) is 1. The number of hydrogen-bond acceptors (Lipinski definition) is 5. The maximum absolute atomic E-state index is 14.4. The van der Waals surface area contributed by atoms with Crippen LogP contribution < -0.4 is 10.2 Å². The minimum absolute atomic E-state index is 0.0317. The van der Waals surface area contributed by atoms with Crippen molar-refractivity contribution in [2.75, 3.05) is 36.6 Å². The van der Waals surface area contributed by atoms with E-state index in [2.05, 4.69) is 10.3 Å². The molecule has 0 saturated carbocycles. The molecule has 12 heteroatoms. The van der Waals surface area contributed by atoms with E-state index in [9.17, 15) is 32.3 Å². The number of anilines is 2. The van der Waals surface area contributed by atoms with Gasteiger partial charge in [-0.1, -0.05) is 6.07 Å². The van der Waals surface area contributed by atoms with Gasteiger partial charge in [-0.05, 0) is 36.8 Å². The number of ether oxygens (including phenoxy) is 1. The number of aliphatic hydroxyl groups excluding tert-OH is 1. The number of carbonyl (C=O) groups is 2. The first-order valence-electron chi connectivity index (χ1n) is 10.4. The average Bonchev–Trinajstić information content (AvgIpc) is 3.13. The van der Waals surface area contributed by atoms with E-state index >= 15 is 0 Å². The van der Waals surface area contributed by atoms with Crippen molar-refractivity contribution in [1.82, 2.24) is 9.55 Å². The number of rotatable bonds is 6. The molecule has 0 unspecified atom stereocenters. The number of aromatic nitrogens is 2. The highest BCUT2D eigenvalue weighted by Gasteiger charge is 2.36. The molecule has 2 aromatic carbocycles. The zero-order valence-electron chi connectivity index (χ0n) is 17.7. The van der Waals surface area contributed by atoms with Crippen molar-refractivity contribution in [2.45, 2.75) is 19.1 Å². The van der Waals surface area contributed by atoms with Gasteiger partial charge in [0.05, 0.1) is 28.8 Å². The number of halogens is 4. The number of imidazole rings is 1. The lowest BCUT2D eigenvalue weighted by Gasteiger charge is -2.26. The highest BCUT2D eigenvalue weighted by molar-refractivity contribution is 6.04. The molecule has 4 rings (SSSR count). The second-order valence-corrected chi connectivity index (χ2v) is 7.55. The first-order valence-corrected chi connectivity index (χ1v) is 10.4. The summed E-state index contributed by atoms with van der Waals surface area (Å²) in [6.45, 7) is 0.749. The fourth-order valence-corrected chi connectivity index (χ4v) is 3.72. The van der Waals surface area contributed by atoms with Crippen LogP contribution in [0.25, 0.3) is 11.0 Å². The van der Waals surface area contributed by atoms with Crippen molar-refractivity contribution in [1.29, 1.82) is 0 Å². The Bertz CT molecular complexity index is 1240. The fraction of sp³-hybridized carbons (Fsp3) is 0.318. The van der Waals surface area contributed by atoms with E-state index in [1.807, 2.05) is 0 Å². The van der Waals surface area contributed by atoms with E-state index in [4.69, 9.17) is 4.74 Å². The maximum atomic E-state index is 14.4. The van der Waals surface area contributed by atoms with Crippen molar-refractivity contribution < 1.29 is 37.0 Å². The second kappa shape index (κ2) is 9.39. The number of alkyl halides is 3. The Kier molecular flexibility index (Phi) is 6.53. The van der Waals surface area contributed by atoms with Crippen molar-refractivity contribution in [3.8, 4) is 0 Å². The summed E-state index contributed by atoms with van der Waals surface area (Å²) in [7, 11) is 0. The van der Waals surface area contributed by atoms with Gasteiger partial charge in [-0.25, -0.2) is 9.37 Å². The van der Waals surface area contributed by atoms with Crippen LogP contribution >= 0.6 is 0 Å². The highest BCUT2D eigenvalue weighted by atomic mass is 19.4. The minimum atomic E-state index is -4.96. The summed E-state index contributed by atoms with van der Waals surface area (Å²) in [6.07, 6.45) is -4.65. The molecule has 34 heavy (non-hydrogen) atoms.